The molecule has 3 aliphatic heterocycles. The summed E-state index contributed by atoms with van der Waals surface area (Å²) in [6.07, 6.45) is 4.82. The average Bonchev–Trinajstić information content (AvgIpc) is 3.05. The standard InChI is InChI=1S/C18H25NO3S3/c1-15-5-7-16(8-6-15)25(20,21)19-11-2-9-17(19)10-3-12-22-18(17)23-13-4-14-24-18/h5-8H,2-4,9-14H2,1H3. The van der Waals surface area contributed by atoms with Gasteiger partial charge >= 0.3 is 0 Å². The molecule has 0 radical (unpaired) electrons. The Morgan fingerprint density at radius 1 is 1.04 bits per heavy atom. The van der Waals surface area contributed by atoms with E-state index >= 15 is 0 Å². The van der Waals surface area contributed by atoms with E-state index in [0.29, 0.717) is 11.4 Å². The van der Waals surface area contributed by atoms with Crippen LogP contribution in [0.5, 0.6) is 0 Å². The number of hydrogen-bond acceptors (Lipinski definition) is 5. The van der Waals surface area contributed by atoms with Crippen molar-refractivity contribution in [1.82, 2.24) is 4.31 Å². The fourth-order valence-corrected chi connectivity index (χ4v) is 9.94. The first-order valence-corrected chi connectivity index (χ1v) is 12.4. The Morgan fingerprint density at radius 2 is 1.72 bits per heavy atom. The summed E-state index contributed by atoms with van der Waals surface area (Å²) in [6.45, 7) is 3.32. The second kappa shape index (κ2) is 6.75. The molecule has 0 saturated carbocycles. The Bertz CT molecular complexity index is 720. The van der Waals surface area contributed by atoms with Crippen molar-refractivity contribution in [3.63, 3.8) is 0 Å². The van der Waals surface area contributed by atoms with Crippen LogP contribution in [0.2, 0.25) is 0 Å². The van der Waals surface area contributed by atoms with Gasteiger partial charge in [0.25, 0.3) is 0 Å². The number of rotatable bonds is 2. The summed E-state index contributed by atoms with van der Waals surface area (Å²) in [5.74, 6) is 2.10. The van der Waals surface area contributed by atoms with E-state index in [1.54, 1.807) is 16.4 Å². The fourth-order valence-electron chi connectivity index (χ4n) is 4.32. The van der Waals surface area contributed by atoms with E-state index in [1.165, 1.54) is 6.42 Å². The van der Waals surface area contributed by atoms with Crippen LogP contribution in [0.1, 0.15) is 37.7 Å². The molecule has 1 aromatic carbocycles. The molecule has 0 bridgehead atoms. The van der Waals surface area contributed by atoms with Gasteiger partial charge in [0.05, 0.1) is 10.4 Å². The predicted molar refractivity (Wildman–Crippen MR) is 104 cm³/mol. The highest BCUT2D eigenvalue weighted by molar-refractivity contribution is 8.18. The van der Waals surface area contributed by atoms with Crippen LogP contribution in [0.4, 0.5) is 0 Å². The van der Waals surface area contributed by atoms with Crippen molar-refractivity contribution in [1.29, 1.82) is 0 Å². The molecule has 0 amide bonds. The van der Waals surface area contributed by atoms with Crippen LogP contribution >= 0.6 is 23.5 Å². The van der Waals surface area contributed by atoms with Gasteiger partial charge in [-0.3, -0.25) is 0 Å². The summed E-state index contributed by atoms with van der Waals surface area (Å²) in [5.41, 5.74) is 0.663. The van der Waals surface area contributed by atoms with E-state index in [4.69, 9.17) is 4.74 Å². The Morgan fingerprint density at radius 3 is 2.44 bits per heavy atom. The van der Waals surface area contributed by atoms with E-state index in [1.807, 2.05) is 42.6 Å². The molecule has 2 spiro atoms. The summed E-state index contributed by atoms with van der Waals surface area (Å²) >= 11 is 3.67. The topological polar surface area (TPSA) is 46.6 Å². The van der Waals surface area contributed by atoms with Gasteiger partial charge in [0, 0.05) is 13.2 Å². The molecule has 0 aliphatic carbocycles. The molecule has 0 aromatic heterocycles. The lowest BCUT2D eigenvalue weighted by Gasteiger charge is -2.54. The van der Waals surface area contributed by atoms with Crippen molar-refractivity contribution in [2.75, 3.05) is 24.7 Å². The SMILES string of the molecule is Cc1ccc(S(=O)(=O)N2CCCC23CCCOC32SCCCS2)cc1. The van der Waals surface area contributed by atoms with Gasteiger partial charge in [-0.2, -0.15) is 4.31 Å². The van der Waals surface area contributed by atoms with Gasteiger partial charge in [-0.15, -0.1) is 23.5 Å². The lowest BCUT2D eigenvalue weighted by Crippen LogP contribution is -2.63. The molecule has 3 heterocycles. The number of benzene rings is 1. The first kappa shape index (κ1) is 18.2. The van der Waals surface area contributed by atoms with Gasteiger partial charge in [-0.1, -0.05) is 17.7 Å². The molecule has 1 aromatic rings. The zero-order valence-corrected chi connectivity index (χ0v) is 17.0. The van der Waals surface area contributed by atoms with Crippen LogP contribution in [0.25, 0.3) is 0 Å². The van der Waals surface area contributed by atoms with Gasteiger partial charge in [0.15, 0.2) is 4.27 Å². The zero-order valence-electron chi connectivity index (χ0n) is 14.6. The van der Waals surface area contributed by atoms with Crippen LogP contribution in [0.3, 0.4) is 0 Å². The van der Waals surface area contributed by atoms with Crippen molar-refractivity contribution in [3.05, 3.63) is 29.8 Å². The van der Waals surface area contributed by atoms with Gasteiger partial charge < -0.3 is 4.74 Å². The quantitative estimate of drug-likeness (QED) is 0.756. The van der Waals surface area contributed by atoms with Crippen molar-refractivity contribution in [2.45, 2.75) is 53.7 Å². The monoisotopic (exact) mass is 399 g/mol. The summed E-state index contributed by atoms with van der Waals surface area (Å²) in [7, 11) is -3.51. The number of hydrogen-bond donors (Lipinski definition) is 0. The number of fused-ring (bicyclic) bond motifs is 1. The molecule has 1 atom stereocenters. The molecule has 3 aliphatic rings. The molecule has 4 nitrogen and oxygen atoms in total. The van der Waals surface area contributed by atoms with Crippen LogP contribution in [-0.2, 0) is 14.8 Å². The number of sulfonamides is 1. The normalized spacial score (nSPS) is 30.1. The van der Waals surface area contributed by atoms with Crippen molar-refractivity contribution in [2.24, 2.45) is 0 Å². The lowest BCUT2D eigenvalue weighted by atomic mass is 9.90. The van der Waals surface area contributed by atoms with Gasteiger partial charge in [-0.05, 0) is 62.7 Å². The number of nitrogens with zero attached hydrogens (tertiary/aromatic N) is 1. The molecule has 7 heteroatoms. The number of aryl methyl sites for hydroxylation is 1. The Labute approximate surface area is 159 Å². The highest BCUT2D eigenvalue weighted by Gasteiger charge is 2.63. The minimum Gasteiger partial charge on any atom is -0.353 e. The summed E-state index contributed by atoms with van der Waals surface area (Å²) < 4.78 is 34.7. The lowest BCUT2D eigenvalue weighted by molar-refractivity contribution is -0.0447. The van der Waals surface area contributed by atoms with Gasteiger partial charge in [-0.25, -0.2) is 8.42 Å². The average molecular weight is 400 g/mol. The smallest absolute Gasteiger partial charge is 0.243 e. The van der Waals surface area contributed by atoms with E-state index in [9.17, 15) is 8.42 Å². The van der Waals surface area contributed by atoms with Gasteiger partial charge in [0.1, 0.15) is 0 Å². The molecule has 1 unspecified atom stereocenters. The third kappa shape index (κ3) is 2.87. The second-order valence-corrected chi connectivity index (χ2v) is 11.7. The second-order valence-electron chi connectivity index (χ2n) is 7.08. The summed E-state index contributed by atoms with van der Waals surface area (Å²) in [4.78, 5) is 0.408. The van der Waals surface area contributed by atoms with E-state index in [2.05, 4.69) is 0 Å². The predicted octanol–water partition coefficient (Wildman–Crippen LogP) is 3.85. The minimum absolute atomic E-state index is 0.408. The molecule has 4 rings (SSSR count). The van der Waals surface area contributed by atoms with E-state index in [-0.39, 0.29) is 0 Å². The molecule has 3 saturated heterocycles. The van der Waals surface area contributed by atoms with Crippen LogP contribution in [-0.4, -0.2) is 47.2 Å². The third-order valence-corrected chi connectivity index (χ3v) is 10.9. The Hall–Kier alpha value is -0.210. The van der Waals surface area contributed by atoms with Crippen molar-refractivity contribution >= 4 is 33.5 Å². The molecule has 138 valence electrons. The number of ether oxygens (including phenoxy) is 1. The molecular formula is C18H25NO3S3. The van der Waals surface area contributed by atoms with Crippen LogP contribution < -0.4 is 0 Å². The third-order valence-electron chi connectivity index (χ3n) is 5.51. The number of thioether (sulfide) groups is 2. The van der Waals surface area contributed by atoms with Crippen LogP contribution in [0, 0.1) is 6.92 Å². The maximum absolute atomic E-state index is 13.5. The van der Waals surface area contributed by atoms with E-state index in [0.717, 1.165) is 49.4 Å². The first-order chi connectivity index (χ1) is 12.0. The molecule has 25 heavy (non-hydrogen) atoms. The van der Waals surface area contributed by atoms with Gasteiger partial charge in [0.2, 0.25) is 10.0 Å². The maximum atomic E-state index is 13.5. The highest BCUT2D eigenvalue weighted by atomic mass is 32.2. The largest absolute Gasteiger partial charge is 0.353 e. The summed E-state index contributed by atoms with van der Waals surface area (Å²) in [5, 5.41) is 0. The van der Waals surface area contributed by atoms with E-state index < -0.39 is 19.8 Å². The van der Waals surface area contributed by atoms with Crippen molar-refractivity contribution in [3.8, 4) is 0 Å². The molecule has 0 N–H and O–H groups in total. The summed E-state index contributed by atoms with van der Waals surface area (Å²) in [6, 6.07) is 7.25. The Balaban J connectivity index is 1.77. The van der Waals surface area contributed by atoms with Crippen molar-refractivity contribution < 1.29 is 13.2 Å². The fraction of sp³-hybridized carbons (Fsp3) is 0.667. The van der Waals surface area contributed by atoms with Crippen LogP contribution in [0.15, 0.2) is 29.2 Å². The Kier molecular flexibility index (Phi) is 4.90. The maximum Gasteiger partial charge on any atom is 0.243 e. The first-order valence-electron chi connectivity index (χ1n) is 9.02. The zero-order chi connectivity index (χ0) is 17.5. The molecule has 3 fully saturated rings. The minimum atomic E-state index is -3.51. The molecular weight excluding hydrogens is 374 g/mol. The highest BCUT2D eigenvalue weighted by Crippen LogP contribution is 2.60.